The highest BCUT2D eigenvalue weighted by Crippen LogP contribution is 2.66. The van der Waals surface area contributed by atoms with Gasteiger partial charge in [-0.2, -0.15) is 5.10 Å². The summed E-state index contributed by atoms with van der Waals surface area (Å²) in [7, 11) is 0. The topological polar surface area (TPSA) is 80.1 Å². The largest absolute Gasteiger partial charge is 0.481 e. The van der Waals surface area contributed by atoms with Crippen LogP contribution in [0.15, 0.2) is 18.3 Å². The third-order valence-electron chi connectivity index (χ3n) is 8.43. The molecule has 32 heavy (non-hydrogen) atoms. The van der Waals surface area contributed by atoms with Gasteiger partial charge < -0.3 is 14.4 Å². The van der Waals surface area contributed by atoms with Gasteiger partial charge in [-0.05, 0) is 79.9 Å². The average Bonchev–Trinajstić information content (AvgIpc) is 3.30. The Hall–Kier alpha value is -2.34. The second-order valence-corrected chi connectivity index (χ2v) is 10.6. The first-order valence-electron chi connectivity index (χ1n) is 12.4. The molecule has 0 bridgehead atoms. The molecule has 2 aromatic heterocycles. The van der Waals surface area contributed by atoms with Gasteiger partial charge in [-0.3, -0.25) is 9.89 Å². The lowest BCUT2D eigenvalue weighted by Crippen LogP contribution is -2.47. The monoisotopic (exact) mass is 435 g/mol. The van der Waals surface area contributed by atoms with Crippen molar-refractivity contribution in [2.45, 2.75) is 76.7 Å². The molecular weight excluding hydrogens is 402 g/mol. The normalized spacial score (nSPS) is 28.3. The molecule has 0 unspecified atom stereocenters. The third-order valence-corrected chi connectivity index (χ3v) is 8.43. The number of aromatic amines is 1. The number of rotatable bonds is 6. The van der Waals surface area contributed by atoms with Crippen LogP contribution in [0.5, 0.6) is 0 Å². The van der Waals surface area contributed by atoms with Gasteiger partial charge in [-0.1, -0.05) is 6.92 Å². The van der Waals surface area contributed by atoms with Crippen molar-refractivity contribution in [1.82, 2.24) is 14.8 Å². The minimum absolute atomic E-state index is 0.341. The van der Waals surface area contributed by atoms with E-state index in [1.165, 1.54) is 29.1 Å². The number of carboxylic acid groups (broad SMARTS) is 1. The summed E-state index contributed by atoms with van der Waals surface area (Å²) in [5, 5.41) is 19.2. The van der Waals surface area contributed by atoms with Crippen molar-refractivity contribution >= 4 is 27.8 Å². The van der Waals surface area contributed by atoms with E-state index in [9.17, 15) is 4.79 Å². The van der Waals surface area contributed by atoms with Crippen LogP contribution in [0.3, 0.4) is 0 Å². The highest BCUT2D eigenvalue weighted by Gasteiger charge is 2.54. The fourth-order valence-electron chi connectivity index (χ4n) is 7.22. The average molecular weight is 436 g/mol. The highest BCUT2D eigenvalue weighted by molar-refractivity contribution is 5.98. The van der Waals surface area contributed by atoms with E-state index in [1.54, 1.807) is 11.3 Å². The standard InChI is InChI=1S/C26H33N3O3/c1-2-5-29-22-9-18-15-27-28-21(18)10-20(22)24(25(29)17-3-6-32-7-4-17)19-13-26(14-19)11-16(12-26)8-23(30)31/h9-10,15-17,19H,2-8,11-14H2,1H3,(H,27,28)(H,30,31). The van der Waals surface area contributed by atoms with Gasteiger partial charge in [0.05, 0.1) is 11.7 Å². The highest BCUT2D eigenvalue weighted by atomic mass is 16.5. The Morgan fingerprint density at radius 3 is 2.72 bits per heavy atom. The van der Waals surface area contributed by atoms with Crippen molar-refractivity contribution < 1.29 is 14.6 Å². The lowest BCUT2D eigenvalue weighted by molar-refractivity contribution is -0.141. The molecule has 3 heterocycles. The zero-order valence-corrected chi connectivity index (χ0v) is 18.9. The van der Waals surface area contributed by atoms with Crippen molar-refractivity contribution in [2.24, 2.45) is 11.3 Å². The Labute approximate surface area is 188 Å². The molecule has 170 valence electrons. The molecule has 3 fully saturated rings. The van der Waals surface area contributed by atoms with Crippen molar-refractivity contribution in [2.75, 3.05) is 13.2 Å². The summed E-state index contributed by atoms with van der Waals surface area (Å²) in [6, 6.07) is 4.66. The second-order valence-electron chi connectivity index (χ2n) is 10.6. The molecule has 1 aromatic carbocycles. The Morgan fingerprint density at radius 2 is 2.00 bits per heavy atom. The maximum absolute atomic E-state index is 11.1. The summed E-state index contributed by atoms with van der Waals surface area (Å²) >= 11 is 0. The van der Waals surface area contributed by atoms with Gasteiger partial charge in [0.1, 0.15) is 0 Å². The van der Waals surface area contributed by atoms with Crippen LogP contribution in [0.25, 0.3) is 21.8 Å². The molecule has 1 saturated heterocycles. The van der Waals surface area contributed by atoms with E-state index in [1.807, 2.05) is 6.20 Å². The van der Waals surface area contributed by atoms with Crippen LogP contribution in [-0.4, -0.2) is 39.1 Å². The van der Waals surface area contributed by atoms with Crippen LogP contribution >= 0.6 is 0 Å². The van der Waals surface area contributed by atoms with E-state index in [2.05, 4.69) is 33.8 Å². The van der Waals surface area contributed by atoms with Gasteiger partial charge in [0.25, 0.3) is 0 Å². The summed E-state index contributed by atoms with van der Waals surface area (Å²) in [4.78, 5) is 11.1. The predicted molar refractivity (Wildman–Crippen MR) is 124 cm³/mol. The van der Waals surface area contributed by atoms with Crippen LogP contribution in [0.4, 0.5) is 0 Å². The van der Waals surface area contributed by atoms with Crippen LogP contribution < -0.4 is 0 Å². The molecule has 6 nitrogen and oxygen atoms in total. The molecular formula is C26H33N3O3. The summed E-state index contributed by atoms with van der Waals surface area (Å²) in [5.74, 6) is 0.884. The van der Waals surface area contributed by atoms with E-state index in [0.29, 0.717) is 29.6 Å². The first-order chi connectivity index (χ1) is 15.6. The minimum atomic E-state index is -0.645. The molecule has 0 atom stereocenters. The SMILES string of the molecule is CCCn1c(C2CCOCC2)c(C2CC3(CC(CC(=O)O)C3)C2)c2cc3[nH]ncc3cc21. The minimum Gasteiger partial charge on any atom is -0.481 e. The van der Waals surface area contributed by atoms with Crippen molar-refractivity contribution in [3.8, 4) is 0 Å². The quantitative estimate of drug-likeness (QED) is 0.530. The Morgan fingerprint density at radius 1 is 1.22 bits per heavy atom. The van der Waals surface area contributed by atoms with Gasteiger partial charge >= 0.3 is 5.97 Å². The van der Waals surface area contributed by atoms with E-state index in [-0.39, 0.29) is 0 Å². The third kappa shape index (κ3) is 3.18. The Kier molecular flexibility index (Phi) is 4.83. The fourth-order valence-corrected chi connectivity index (χ4v) is 7.22. The second kappa shape index (κ2) is 7.62. The van der Waals surface area contributed by atoms with Crippen LogP contribution in [-0.2, 0) is 16.1 Å². The number of nitrogens with one attached hydrogen (secondary N) is 1. The number of carbonyl (C=O) groups is 1. The number of ether oxygens (including phenoxy) is 1. The summed E-state index contributed by atoms with van der Waals surface area (Å²) in [6.07, 6.45) is 10.2. The maximum Gasteiger partial charge on any atom is 0.303 e. The molecule has 2 N–H and O–H groups in total. The Balaban J connectivity index is 1.41. The van der Waals surface area contributed by atoms with Gasteiger partial charge in [0.2, 0.25) is 0 Å². The van der Waals surface area contributed by atoms with E-state index in [0.717, 1.165) is 57.4 Å². The number of benzene rings is 1. The zero-order valence-electron chi connectivity index (χ0n) is 18.9. The summed E-state index contributed by atoms with van der Waals surface area (Å²) < 4.78 is 8.34. The fraction of sp³-hybridized carbons (Fsp3) is 0.615. The number of aromatic nitrogens is 3. The number of fused-ring (bicyclic) bond motifs is 2. The first kappa shape index (κ1) is 20.3. The molecule has 3 aliphatic rings. The Bertz CT molecular complexity index is 1160. The predicted octanol–water partition coefficient (Wildman–Crippen LogP) is 5.57. The molecule has 0 amide bonds. The van der Waals surface area contributed by atoms with E-state index >= 15 is 0 Å². The lowest BCUT2D eigenvalue weighted by Gasteiger charge is -2.58. The van der Waals surface area contributed by atoms with Gasteiger partial charge in [-0.15, -0.1) is 0 Å². The zero-order chi connectivity index (χ0) is 21.9. The molecule has 0 radical (unpaired) electrons. The van der Waals surface area contributed by atoms with E-state index in [4.69, 9.17) is 9.84 Å². The molecule has 1 spiro atoms. The number of aryl methyl sites for hydroxylation is 1. The number of carboxylic acids is 1. The number of hydrogen-bond donors (Lipinski definition) is 2. The molecule has 3 aromatic rings. The summed E-state index contributed by atoms with van der Waals surface area (Å²) in [6.45, 7) is 5.03. The number of H-pyrrole nitrogens is 1. The first-order valence-corrected chi connectivity index (χ1v) is 12.4. The number of nitrogens with zero attached hydrogens (tertiary/aromatic N) is 2. The lowest BCUT2D eigenvalue weighted by atomic mass is 9.46. The van der Waals surface area contributed by atoms with Crippen molar-refractivity contribution in [3.63, 3.8) is 0 Å². The summed E-state index contributed by atoms with van der Waals surface area (Å²) in [5.41, 5.74) is 6.01. The van der Waals surface area contributed by atoms with Gasteiger partial charge in [-0.25, -0.2) is 0 Å². The number of aliphatic carboxylic acids is 1. The molecule has 2 saturated carbocycles. The smallest absolute Gasteiger partial charge is 0.303 e. The van der Waals surface area contributed by atoms with Crippen LogP contribution in [0.1, 0.15) is 81.4 Å². The van der Waals surface area contributed by atoms with Crippen LogP contribution in [0.2, 0.25) is 0 Å². The van der Waals surface area contributed by atoms with Crippen molar-refractivity contribution in [1.29, 1.82) is 0 Å². The van der Waals surface area contributed by atoms with Crippen molar-refractivity contribution in [3.05, 3.63) is 29.6 Å². The van der Waals surface area contributed by atoms with Gasteiger partial charge in [0, 0.05) is 54.1 Å². The molecule has 2 aliphatic carbocycles. The van der Waals surface area contributed by atoms with E-state index < -0.39 is 5.97 Å². The van der Waals surface area contributed by atoms with Crippen LogP contribution in [0, 0.1) is 11.3 Å². The molecule has 6 heteroatoms. The van der Waals surface area contributed by atoms with Gasteiger partial charge in [0.15, 0.2) is 0 Å². The number of hydrogen-bond acceptors (Lipinski definition) is 3. The molecule has 6 rings (SSSR count). The maximum atomic E-state index is 11.1. The molecule has 1 aliphatic heterocycles.